The van der Waals surface area contributed by atoms with Crippen molar-refractivity contribution in [2.75, 3.05) is 7.11 Å². The van der Waals surface area contributed by atoms with Gasteiger partial charge in [0.1, 0.15) is 18.2 Å². The summed E-state index contributed by atoms with van der Waals surface area (Å²) in [5.41, 5.74) is 1.28. The zero-order valence-electron chi connectivity index (χ0n) is 11.0. The van der Waals surface area contributed by atoms with Gasteiger partial charge in [0.15, 0.2) is 0 Å². The van der Waals surface area contributed by atoms with Crippen LogP contribution < -0.4 is 4.74 Å². The highest BCUT2D eigenvalue weighted by Crippen LogP contribution is 2.24. The normalized spacial score (nSPS) is 10.3. The van der Waals surface area contributed by atoms with E-state index in [4.69, 9.17) is 4.74 Å². The van der Waals surface area contributed by atoms with E-state index in [-0.39, 0.29) is 12.4 Å². The SMILES string of the molecule is COC(=O)c1ccc(COc2cc(F)cc(Br)c2)c(Br)c1. The first kappa shape index (κ1) is 16.0. The molecule has 0 bridgehead atoms. The standard InChI is InChI=1S/C15H11Br2FO3/c1-20-15(19)9-2-3-10(14(17)4-9)8-21-13-6-11(16)5-12(18)7-13/h2-7H,8H2,1H3. The number of carbonyl (C=O) groups excluding carboxylic acids is 1. The van der Waals surface area contributed by atoms with Crippen molar-refractivity contribution < 1.29 is 18.7 Å². The number of benzene rings is 2. The summed E-state index contributed by atoms with van der Waals surface area (Å²) in [4.78, 5) is 11.4. The Balaban J connectivity index is 2.11. The first-order valence-electron chi connectivity index (χ1n) is 5.95. The second kappa shape index (κ2) is 7.04. The number of ether oxygens (including phenoxy) is 2. The summed E-state index contributed by atoms with van der Waals surface area (Å²) in [5, 5.41) is 0. The van der Waals surface area contributed by atoms with Crippen molar-refractivity contribution in [3.63, 3.8) is 0 Å². The van der Waals surface area contributed by atoms with Crippen LogP contribution in [0.3, 0.4) is 0 Å². The second-order valence-electron chi connectivity index (χ2n) is 4.19. The largest absolute Gasteiger partial charge is 0.489 e. The molecular formula is C15H11Br2FO3. The van der Waals surface area contributed by atoms with Gasteiger partial charge >= 0.3 is 5.97 Å². The molecule has 0 spiro atoms. The van der Waals surface area contributed by atoms with Crippen LogP contribution >= 0.6 is 31.9 Å². The molecule has 0 saturated heterocycles. The van der Waals surface area contributed by atoms with E-state index in [0.717, 1.165) is 10.0 Å². The summed E-state index contributed by atoms with van der Waals surface area (Å²) in [6.45, 7) is 0.248. The van der Waals surface area contributed by atoms with Crippen molar-refractivity contribution in [3.8, 4) is 5.75 Å². The van der Waals surface area contributed by atoms with Gasteiger partial charge in [-0.05, 0) is 24.3 Å². The molecule has 2 aromatic rings. The lowest BCUT2D eigenvalue weighted by Gasteiger charge is -2.09. The molecule has 0 fully saturated rings. The molecule has 0 N–H and O–H groups in total. The zero-order chi connectivity index (χ0) is 15.4. The second-order valence-corrected chi connectivity index (χ2v) is 5.96. The van der Waals surface area contributed by atoms with Gasteiger partial charge in [-0.15, -0.1) is 0 Å². The molecular weight excluding hydrogens is 407 g/mol. The molecule has 3 nitrogen and oxygen atoms in total. The number of hydrogen-bond donors (Lipinski definition) is 0. The Bertz CT molecular complexity index is 654. The Hall–Kier alpha value is -1.40. The fourth-order valence-electron chi connectivity index (χ4n) is 1.68. The number of hydrogen-bond acceptors (Lipinski definition) is 3. The van der Waals surface area contributed by atoms with Crippen LogP contribution in [0.25, 0.3) is 0 Å². The maximum atomic E-state index is 13.2. The molecule has 0 heterocycles. The van der Waals surface area contributed by atoms with E-state index in [2.05, 4.69) is 36.6 Å². The molecule has 0 aliphatic heterocycles. The van der Waals surface area contributed by atoms with E-state index in [1.54, 1.807) is 24.3 Å². The fourth-order valence-corrected chi connectivity index (χ4v) is 2.62. The molecule has 0 atom stereocenters. The van der Waals surface area contributed by atoms with Crippen molar-refractivity contribution in [2.45, 2.75) is 6.61 Å². The summed E-state index contributed by atoms with van der Waals surface area (Å²) in [7, 11) is 1.33. The molecule has 0 aliphatic carbocycles. The van der Waals surface area contributed by atoms with Gasteiger partial charge in [-0.1, -0.05) is 37.9 Å². The van der Waals surface area contributed by atoms with Gasteiger partial charge in [0.05, 0.1) is 12.7 Å². The number of esters is 1. The quantitative estimate of drug-likeness (QED) is 0.675. The predicted molar refractivity (Wildman–Crippen MR) is 83.9 cm³/mol. The predicted octanol–water partition coefficient (Wildman–Crippen LogP) is 4.72. The number of halogens is 3. The van der Waals surface area contributed by atoms with Crippen LogP contribution in [-0.4, -0.2) is 13.1 Å². The molecule has 0 saturated carbocycles. The average Bonchev–Trinajstić information content (AvgIpc) is 2.44. The Morgan fingerprint density at radius 3 is 2.57 bits per heavy atom. The minimum atomic E-state index is -0.405. The zero-order valence-corrected chi connectivity index (χ0v) is 14.2. The van der Waals surface area contributed by atoms with Crippen LogP contribution in [0.5, 0.6) is 5.75 Å². The minimum Gasteiger partial charge on any atom is -0.489 e. The summed E-state index contributed by atoms with van der Waals surface area (Å²) in [6, 6.07) is 9.41. The minimum absolute atomic E-state index is 0.248. The van der Waals surface area contributed by atoms with E-state index in [0.29, 0.717) is 15.8 Å². The van der Waals surface area contributed by atoms with E-state index in [1.165, 1.54) is 19.2 Å². The maximum absolute atomic E-state index is 13.2. The lowest BCUT2D eigenvalue weighted by Crippen LogP contribution is -2.03. The highest BCUT2D eigenvalue weighted by atomic mass is 79.9. The molecule has 2 aromatic carbocycles. The molecule has 0 aromatic heterocycles. The van der Waals surface area contributed by atoms with E-state index >= 15 is 0 Å². The molecule has 110 valence electrons. The summed E-state index contributed by atoms with van der Waals surface area (Å²) in [5.74, 6) is -0.359. The molecule has 0 radical (unpaired) electrons. The monoisotopic (exact) mass is 416 g/mol. The van der Waals surface area contributed by atoms with Gasteiger partial charge in [-0.3, -0.25) is 0 Å². The fraction of sp³-hybridized carbons (Fsp3) is 0.133. The lowest BCUT2D eigenvalue weighted by molar-refractivity contribution is 0.0600. The van der Waals surface area contributed by atoms with Gasteiger partial charge < -0.3 is 9.47 Å². The van der Waals surface area contributed by atoms with Gasteiger partial charge in [0.25, 0.3) is 0 Å². The van der Waals surface area contributed by atoms with Crippen molar-refractivity contribution in [2.24, 2.45) is 0 Å². The van der Waals surface area contributed by atoms with E-state index in [1.807, 2.05) is 0 Å². The first-order valence-corrected chi connectivity index (χ1v) is 7.54. The highest BCUT2D eigenvalue weighted by molar-refractivity contribution is 9.10. The lowest BCUT2D eigenvalue weighted by atomic mass is 10.1. The molecule has 0 unspecified atom stereocenters. The van der Waals surface area contributed by atoms with Crippen molar-refractivity contribution in [3.05, 3.63) is 62.3 Å². The third kappa shape index (κ3) is 4.28. The van der Waals surface area contributed by atoms with Crippen LogP contribution in [0.4, 0.5) is 4.39 Å². The molecule has 0 amide bonds. The Kier molecular flexibility index (Phi) is 5.36. The van der Waals surface area contributed by atoms with Crippen LogP contribution in [0.15, 0.2) is 45.3 Å². The molecule has 2 rings (SSSR count). The van der Waals surface area contributed by atoms with Crippen LogP contribution in [-0.2, 0) is 11.3 Å². The Morgan fingerprint density at radius 2 is 1.95 bits per heavy atom. The first-order chi connectivity index (χ1) is 9.99. The van der Waals surface area contributed by atoms with E-state index in [9.17, 15) is 9.18 Å². The van der Waals surface area contributed by atoms with Crippen LogP contribution in [0.1, 0.15) is 15.9 Å². The molecule has 21 heavy (non-hydrogen) atoms. The van der Waals surface area contributed by atoms with Crippen molar-refractivity contribution in [1.82, 2.24) is 0 Å². The van der Waals surface area contributed by atoms with Gasteiger partial charge in [-0.25, -0.2) is 9.18 Å². The van der Waals surface area contributed by atoms with Gasteiger partial charge in [-0.2, -0.15) is 0 Å². The van der Waals surface area contributed by atoms with Crippen molar-refractivity contribution >= 4 is 37.8 Å². The summed E-state index contributed by atoms with van der Waals surface area (Å²) in [6.07, 6.45) is 0. The third-order valence-corrected chi connectivity index (χ3v) is 3.90. The smallest absolute Gasteiger partial charge is 0.337 e. The van der Waals surface area contributed by atoms with Crippen molar-refractivity contribution in [1.29, 1.82) is 0 Å². The maximum Gasteiger partial charge on any atom is 0.337 e. The Labute approximate surface area is 138 Å². The number of rotatable bonds is 4. The Morgan fingerprint density at radius 1 is 1.19 bits per heavy atom. The molecule has 6 heteroatoms. The summed E-state index contributed by atoms with van der Waals surface area (Å²) < 4.78 is 24.8. The van der Waals surface area contributed by atoms with Crippen LogP contribution in [0, 0.1) is 5.82 Å². The van der Waals surface area contributed by atoms with Crippen LogP contribution in [0.2, 0.25) is 0 Å². The average molecular weight is 418 g/mol. The third-order valence-electron chi connectivity index (χ3n) is 2.70. The van der Waals surface area contributed by atoms with Gasteiger partial charge in [0.2, 0.25) is 0 Å². The summed E-state index contributed by atoms with van der Waals surface area (Å²) >= 11 is 6.58. The number of carbonyl (C=O) groups is 1. The topological polar surface area (TPSA) is 35.5 Å². The molecule has 0 aliphatic rings. The highest BCUT2D eigenvalue weighted by Gasteiger charge is 2.09. The van der Waals surface area contributed by atoms with E-state index < -0.39 is 5.97 Å². The van der Waals surface area contributed by atoms with Gasteiger partial charge in [0, 0.05) is 20.6 Å². The number of methoxy groups -OCH3 is 1.